The average molecular weight is 422 g/mol. The maximum Gasteiger partial charge on any atom is 0.291 e. The summed E-state index contributed by atoms with van der Waals surface area (Å²) in [5, 5.41) is 9.10. The van der Waals surface area contributed by atoms with Crippen LogP contribution in [0.3, 0.4) is 0 Å². The lowest BCUT2D eigenvalue weighted by Crippen LogP contribution is -2.24. The Balaban J connectivity index is 1.59. The van der Waals surface area contributed by atoms with Crippen LogP contribution in [0, 0.1) is 5.82 Å². The molecule has 0 spiro atoms. The number of ether oxygens (including phenoxy) is 1. The summed E-state index contributed by atoms with van der Waals surface area (Å²) in [6, 6.07) is 17.6. The number of nitrogens with zero attached hydrogens (tertiary/aromatic N) is 3. The Morgan fingerprint density at radius 1 is 1.13 bits per heavy atom. The van der Waals surface area contributed by atoms with Gasteiger partial charge in [0.15, 0.2) is 5.82 Å². The van der Waals surface area contributed by atoms with E-state index in [2.05, 4.69) is 15.4 Å². The topological polar surface area (TPSA) is 69.0 Å². The average Bonchev–Trinajstić information content (AvgIpc) is 3.42. The van der Waals surface area contributed by atoms with Crippen molar-refractivity contribution in [2.75, 3.05) is 7.11 Å². The highest BCUT2D eigenvalue weighted by molar-refractivity contribution is 7.13. The molecule has 0 aliphatic rings. The number of rotatable bonds is 7. The third kappa shape index (κ3) is 4.45. The second-order valence-electron chi connectivity index (χ2n) is 6.56. The number of benzene rings is 2. The predicted octanol–water partition coefficient (Wildman–Crippen LogP) is 4.21. The van der Waals surface area contributed by atoms with Crippen molar-refractivity contribution in [1.29, 1.82) is 0 Å². The fraction of sp³-hybridized carbons (Fsp3) is 0.136. The molecule has 1 amide bonds. The summed E-state index contributed by atoms with van der Waals surface area (Å²) in [6.45, 7) is 0.838. The Hall–Kier alpha value is -3.36. The molecule has 0 aliphatic carbocycles. The fourth-order valence-electron chi connectivity index (χ4n) is 3.02. The van der Waals surface area contributed by atoms with Crippen LogP contribution in [0.5, 0.6) is 0 Å². The van der Waals surface area contributed by atoms with Gasteiger partial charge in [-0.25, -0.2) is 14.1 Å². The van der Waals surface area contributed by atoms with Crippen molar-refractivity contribution in [3.8, 4) is 16.4 Å². The molecule has 152 valence electrons. The molecule has 6 nitrogen and oxygen atoms in total. The summed E-state index contributed by atoms with van der Waals surface area (Å²) in [4.78, 5) is 18.0. The highest BCUT2D eigenvalue weighted by Gasteiger charge is 2.19. The Morgan fingerprint density at radius 3 is 2.73 bits per heavy atom. The number of carbonyl (C=O) groups excluding carboxylic acids is 1. The van der Waals surface area contributed by atoms with Crippen LogP contribution in [0.1, 0.15) is 21.7 Å². The van der Waals surface area contributed by atoms with Gasteiger partial charge in [0.05, 0.1) is 17.2 Å². The smallest absolute Gasteiger partial charge is 0.291 e. The number of aromatic nitrogens is 3. The van der Waals surface area contributed by atoms with Crippen molar-refractivity contribution >= 4 is 17.2 Å². The largest absolute Gasteiger partial charge is 0.380 e. The van der Waals surface area contributed by atoms with E-state index in [1.807, 2.05) is 41.8 Å². The van der Waals surface area contributed by atoms with Crippen LogP contribution in [0.25, 0.3) is 16.4 Å². The van der Waals surface area contributed by atoms with Crippen molar-refractivity contribution in [1.82, 2.24) is 20.1 Å². The van der Waals surface area contributed by atoms with E-state index in [0.717, 1.165) is 16.0 Å². The van der Waals surface area contributed by atoms with Crippen molar-refractivity contribution < 1.29 is 13.9 Å². The van der Waals surface area contributed by atoms with E-state index >= 15 is 0 Å². The van der Waals surface area contributed by atoms with Crippen LogP contribution in [0.2, 0.25) is 0 Å². The zero-order valence-electron chi connectivity index (χ0n) is 16.2. The van der Waals surface area contributed by atoms with Gasteiger partial charge in [0.25, 0.3) is 5.91 Å². The molecule has 2 heterocycles. The second kappa shape index (κ2) is 8.98. The normalized spacial score (nSPS) is 10.9. The molecule has 8 heteroatoms. The van der Waals surface area contributed by atoms with E-state index in [1.165, 1.54) is 28.2 Å². The van der Waals surface area contributed by atoms with Crippen LogP contribution in [0.15, 0.2) is 66.0 Å². The molecule has 1 N–H and O–H groups in total. The van der Waals surface area contributed by atoms with Gasteiger partial charge in [0.1, 0.15) is 5.82 Å². The van der Waals surface area contributed by atoms with Gasteiger partial charge in [-0.15, -0.1) is 16.4 Å². The van der Waals surface area contributed by atoms with Crippen molar-refractivity contribution in [2.45, 2.75) is 13.2 Å². The SMILES string of the molecule is COCc1cccc(CNC(=O)c2nc(-c3cccs3)n(-c3cccc(F)c3)n2)c1. The molecule has 0 saturated carbocycles. The van der Waals surface area contributed by atoms with E-state index < -0.39 is 5.91 Å². The van der Waals surface area contributed by atoms with Crippen molar-refractivity contribution in [3.63, 3.8) is 0 Å². The van der Waals surface area contributed by atoms with Crippen LogP contribution in [0.4, 0.5) is 4.39 Å². The number of amides is 1. The first kappa shape index (κ1) is 19.9. The van der Waals surface area contributed by atoms with Crippen molar-refractivity contribution in [3.05, 3.63) is 88.8 Å². The monoisotopic (exact) mass is 422 g/mol. The molecule has 0 atom stereocenters. The van der Waals surface area contributed by atoms with E-state index in [9.17, 15) is 9.18 Å². The lowest BCUT2D eigenvalue weighted by molar-refractivity contribution is 0.0940. The molecule has 2 aromatic carbocycles. The maximum absolute atomic E-state index is 13.7. The zero-order chi connectivity index (χ0) is 20.9. The number of hydrogen-bond donors (Lipinski definition) is 1. The second-order valence-corrected chi connectivity index (χ2v) is 7.51. The molecule has 0 fully saturated rings. The fourth-order valence-corrected chi connectivity index (χ4v) is 3.72. The number of nitrogens with one attached hydrogen (secondary N) is 1. The number of methoxy groups -OCH3 is 1. The van der Waals surface area contributed by atoms with Gasteiger partial charge in [0.2, 0.25) is 5.82 Å². The number of carbonyl (C=O) groups is 1. The highest BCUT2D eigenvalue weighted by Crippen LogP contribution is 2.25. The van der Waals surface area contributed by atoms with Gasteiger partial charge in [-0.1, -0.05) is 36.4 Å². The summed E-state index contributed by atoms with van der Waals surface area (Å²) >= 11 is 1.47. The van der Waals surface area contributed by atoms with Gasteiger partial charge >= 0.3 is 0 Å². The van der Waals surface area contributed by atoms with Gasteiger partial charge < -0.3 is 10.1 Å². The molecule has 2 aromatic heterocycles. The van der Waals surface area contributed by atoms with E-state index in [4.69, 9.17) is 4.74 Å². The Kier molecular flexibility index (Phi) is 5.97. The minimum atomic E-state index is -0.403. The molecule has 0 aliphatic heterocycles. The molecule has 4 aromatic rings. The van der Waals surface area contributed by atoms with Crippen LogP contribution >= 0.6 is 11.3 Å². The summed E-state index contributed by atoms with van der Waals surface area (Å²) < 4.78 is 20.4. The third-order valence-electron chi connectivity index (χ3n) is 4.36. The van der Waals surface area contributed by atoms with E-state index in [1.54, 1.807) is 19.2 Å². The Bertz CT molecular complexity index is 1160. The molecular weight excluding hydrogens is 403 g/mol. The van der Waals surface area contributed by atoms with E-state index in [0.29, 0.717) is 24.7 Å². The molecule has 0 radical (unpaired) electrons. The first-order valence-corrected chi connectivity index (χ1v) is 10.1. The van der Waals surface area contributed by atoms with Crippen LogP contribution < -0.4 is 5.32 Å². The van der Waals surface area contributed by atoms with Gasteiger partial charge in [0, 0.05) is 13.7 Å². The summed E-state index contributed by atoms with van der Waals surface area (Å²) in [7, 11) is 1.64. The molecular formula is C22H19FN4O2S. The minimum absolute atomic E-state index is 0.0238. The third-order valence-corrected chi connectivity index (χ3v) is 5.23. The predicted molar refractivity (Wildman–Crippen MR) is 113 cm³/mol. The number of halogens is 1. The number of thiophene rings is 1. The Morgan fingerprint density at radius 2 is 1.97 bits per heavy atom. The first-order chi connectivity index (χ1) is 14.6. The molecule has 0 bridgehead atoms. The maximum atomic E-state index is 13.7. The number of hydrogen-bond acceptors (Lipinski definition) is 5. The van der Waals surface area contributed by atoms with Crippen LogP contribution in [-0.2, 0) is 17.9 Å². The van der Waals surface area contributed by atoms with Crippen molar-refractivity contribution in [2.24, 2.45) is 0 Å². The van der Waals surface area contributed by atoms with E-state index in [-0.39, 0.29) is 11.6 Å². The zero-order valence-corrected chi connectivity index (χ0v) is 17.0. The van der Waals surface area contributed by atoms with Crippen LogP contribution in [-0.4, -0.2) is 27.8 Å². The minimum Gasteiger partial charge on any atom is -0.380 e. The lowest BCUT2D eigenvalue weighted by atomic mass is 10.1. The van der Waals surface area contributed by atoms with Gasteiger partial charge in [-0.3, -0.25) is 4.79 Å². The first-order valence-electron chi connectivity index (χ1n) is 9.26. The standard InChI is InChI=1S/C22H19FN4O2S/c1-29-14-16-6-2-5-15(11-16)13-24-22(28)20-25-21(19-9-4-10-30-19)27(26-20)18-8-3-7-17(23)12-18/h2-12H,13-14H2,1H3,(H,24,28). The van der Waals surface area contributed by atoms with Gasteiger partial charge in [-0.05, 0) is 40.8 Å². The highest BCUT2D eigenvalue weighted by atomic mass is 32.1. The summed E-state index contributed by atoms with van der Waals surface area (Å²) in [6.07, 6.45) is 0. The lowest BCUT2D eigenvalue weighted by Gasteiger charge is -2.06. The quantitative estimate of drug-likeness (QED) is 0.484. The molecule has 0 unspecified atom stereocenters. The molecule has 0 saturated heterocycles. The van der Waals surface area contributed by atoms with Gasteiger partial charge in [-0.2, -0.15) is 0 Å². The molecule has 30 heavy (non-hydrogen) atoms. The molecule has 4 rings (SSSR count). The summed E-state index contributed by atoms with van der Waals surface area (Å²) in [5.74, 6) is -0.277. The Labute approximate surface area is 177 Å². The summed E-state index contributed by atoms with van der Waals surface area (Å²) in [5.41, 5.74) is 2.47.